The molecule has 4 atom stereocenters. The highest BCUT2D eigenvalue weighted by atomic mass is 32.2. The van der Waals surface area contributed by atoms with E-state index < -0.39 is 17.2 Å². The molecular weight excluding hydrogens is 779 g/mol. The second-order valence-corrected chi connectivity index (χ2v) is 19.9. The van der Waals surface area contributed by atoms with Gasteiger partial charge < -0.3 is 15.0 Å². The minimum Gasteiger partial charge on any atom is -0.359 e. The number of carbonyl (C=O) groups excluding carboxylic acids is 3. The van der Waals surface area contributed by atoms with E-state index in [2.05, 4.69) is 50.5 Å². The van der Waals surface area contributed by atoms with Gasteiger partial charge in [0, 0.05) is 71.1 Å². The first kappa shape index (κ1) is 44.3. The summed E-state index contributed by atoms with van der Waals surface area (Å²) < 4.78 is 21.3. The van der Waals surface area contributed by atoms with Crippen LogP contribution >= 0.6 is 0 Å². The van der Waals surface area contributed by atoms with Crippen molar-refractivity contribution in [3.8, 4) is 0 Å². The highest BCUT2D eigenvalue weighted by Gasteiger charge is 2.44. The number of fused-ring (bicyclic) bond motifs is 1. The molecular formula is C45H67N9O5S. The van der Waals surface area contributed by atoms with Gasteiger partial charge in [-0.1, -0.05) is 32.4 Å². The lowest BCUT2D eigenvalue weighted by Gasteiger charge is -2.39. The Morgan fingerprint density at radius 1 is 1.02 bits per heavy atom. The van der Waals surface area contributed by atoms with Crippen LogP contribution in [0.5, 0.6) is 0 Å². The number of likely N-dealkylation sites (tertiary alicyclic amines) is 1. The fourth-order valence-corrected chi connectivity index (χ4v) is 11.8. The molecule has 5 fully saturated rings. The number of carbonyl (C=O) groups is 3. The third kappa shape index (κ3) is 9.48. The van der Waals surface area contributed by atoms with E-state index in [1.807, 2.05) is 23.2 Å². The van der Waals surface area contributed by atoms with Gasteiger partial charge in [-0.15, -0.1) is 0 Å². The van der Waals surface area contributed by atoms with Crippen LogP contribution in [0.3, 0.4) is 0 Å². The Balaban J connectivity index is 0.880. The number of aryl methyl sites for hydroxylation is 1. The number of aliphatic imine (C=N–C) groups is 2. The van der Waals surface area contributed by atoms with Crippen LogP contribution in [-0.2, 0) is 32.6 Å². The van der Waals surface area contributed by atoms with Gasteiger partial charge in [0.25, 0.3) is 0 Å². The summed E-state index contributed by atoms with van der Waals surface area (Å²) in [5.41, 5.74) is 3.54. The van der Waals surface area contributed by atoms with E-state index in [4.69, 9.17) is 4.99 Å². The molecule has 14 nitrogen and oxygen atoms in total. The lowest BCUT2D eigenvalue weighted by molar-refractivity contribution is -0.121. The predicted molar refractivity (Wildman–Crippen MR) is 238 cm³/mol. The van der Waals surface area contributed by atoms with Crippen molar-refractivity contribution < 1.29 is 18.6 Å². The normalized spacial score (nSPS) is 25.3. The molecule has 0 radical (unpaired) electrons. The average molecular weight is 846 g/mol. The molecule has 5 aliphatic rings. The van der Waals surface area contributed by atoms with E-state index in [1.54, 1.807) is 23.2 Å². The molecule has 15 heteroatoms. The van der Waals surface area contributed by atoms with Crippen molar-refractivity contribution >= 4 is 53.7 Å². The monoisotopic (exact) mass is 845 g/mol. The van der Waals surface area contributed by atoms with Gasteiger partial charge in [-0.25, -0.2) is 22.6 Å². The number of nitrogens with zero attached hydrogens (tertiary/aromatic N) is 8. The average Bonchev–Trinajstić information content (AvgIpc) is 3.79. The Kier molecular flexibility index (Phi) is 14.4. The molecule has 1 aromatic carbocycles. The van der Waals surface area contributed by atoms with Crippen LogP contribution in [0.15, 0.2) is 44.4 Å². The molecule has 4 unspecified atom stereocenters. The van der Waals surface area contributed by atoms with Crippen molar-refractivity contribution in [2.75, 3.05) is 52.9 Å². The van der Waals surface area contributed by atoms with Crippen LogP contribution in [0.25, 0.3) is 11.0 Å². The molecule has 1 N–H and O–H groups in total. The number of amides is 2. The molecule has 328 valence electrons. The van der Waals surface area contributed by atoms with E-state index >= 15 is 0 Å². The van der Waals surface area contributed by atoms with E-state index in [9.17, 15) is 23.4 Å². The maximum Gasteiger partial charge on any atom is 0.329 e. The van der Waals surface area contributed by atoms with Crippen molar-refractivity contribution in [3.05, 3.63) is 45.6 Å². The van der Waals surface area contributed by atoms with Gasteiger partial charge in [-0.3, -0.25) is 28.6 Å². The maximum atomic E-state index is 13.8. The number of para-hydroxylation sites is 1. The zero-order valence-corrected chi connectivity index (χ0v) is 37.1. The first-order valence-corrected chi connectivity index (χ1v) is 23.5. The molecule has 7 rings (SSSR count). The van der Waals surface area contributed by atoms with Gasteiger partial charge in [0.1, 0.15) is 12.1 Å². The van der Waals surface area contributed by atoms with Crippen molar-refractivity contribution in [2.24, 2.45) is 34.3 Å². The summed E-state index contributed by atoms with van der Waals surface area (Å²) in [6, 6.07) is 5.62. The summed E-state index contributed by atoms with van der Waals surface area (Å²) in [6.45, 7) is 14.5. The number of hydrogen-bond donors (Lipinski definition) is 1. The molecule has 2 amide bonds. The summed E-state index contributed by atoms with van der Waals surface area (Å²) in [4.78, 5) is 63.8. The van der Waals surface area contributed by atoms with Gasteiger partial charge in [0.15, 0.2) is 11.2 Å². The molecule has 3 aliphatic heterocycles. The zero-order chi connectivity index (χ0) is 42.6. The maximum absolute atomic E-state index is 13.8. The SMILES string of the molecule is C=N/C(=C(\C=NC1CCN(S(=O)N2CCC(CN3CCC(c4cccc5c4n(C)c(=O)n5C(C=O)CCC(=O)NC)CC3)CC2)CC1)C1(C)CC1)N(C=O)C1CCCC1C. The number of imidazole rings is 1. The first-order valence-electron chi connectivity index (χ1n) is 22.5. The van der Waals surface area contributed by atoms with Crippen LogP contribution < -0.4 is 11.0 Å². The van der Waals surface area contributed by atoms with Crippen molar-refractivity contribution in [3.63, 3.8) is 0 Å². The van der Waals surface area contributed by atoms with E-state index in [1.165, 1.54) is 0 Å². The summed E-state index contributed by atoms with van der Waals surface area (Å²) >= 11 is -1.16. The van der Waals surface area contributed by atoms with Crippen molar-refractivity contribution in [1.29, 1.82) is 0 Å². The van der Waals surface area contributed by atoms with Gasteiger partial charge in [-0.2, -0.15) is 0 Å². The lowest BCUT2D eigenvalue weighted by atomic mass is 9.87. The second-order valence-electron chi connectivity index (χ2n) is 18.4. The van der Waals surface area contributed by atoms with Gasteiger partial charge in [0.05, 0.1) is 23.1 Å². The van der Waals surface area contributed by atoms with Gasteiger partial charge >= 0.3 is 5.69 Å². The minimum absolute atomic E-state index is 0.0277. The molecule has 1 aromatic heterocycles. The Hall–Kier alpha value is -3.79. The number of piperidine rings is 3. The molecule has 3 saturated heterocycles. The summed E-state index contributed by atoms with van der Waals surface area (Å²) in [5.74, 6) is 1.84. The summed E-state index contributed by atoms with van der Waals surface area (Å²) in [7, 11) is 3.35. The standard InChI is InChI=1S/C45H67N9O5S/c1-32-8-6-10-39(32)53(31-56)43(47-4)38(45(2)20-21-45)28-48-35-18-26-52(27-19-35)60(59)51-24-14-33(15-25-51)29-50-22-16-34(17-23-50)37-9-7-11-40-42(37)49(5)44(58)54(40)36(30-55)12-13-41(57)46-3/h7,9,11,28,30-36,39H,4,6,8,10,12-27,29H2,1-3,5H3,(H,46,57)/b43-38-,48-28?. The van der Waals surface area contributed by atoms with Crippen molar-refractivity contribution in [2.45, 2.75) is 121 Å². The van der Waals surface area contributed by atoms with Gasteiger partial charge in [0.2, 0.25) is 12.3 Å². The van der Waals surface area contributed by atoms with Crippen LogP contribution in [0.4, 0.5) is 0 Å². The Bertz CT molecular complexity index is 2020. The second kappa shape index (κ2) is 19.5. The highest BCUT2D eigenvalue weighted by molar-refractivity contribution is 7.80. The van der Waals surface area contributed by atoms with Crippen LogP contribution in [0.1, 0.15) is 115 Å². The number of aromatic nitrogens is 2. The Morgan fingerprint density at radius 2 is 1.70 bits per heavy atom. The highest BCUT2D eigenvalue weighted by Crippen LogP contribution is 2.52. The lowest BCUT2D eigenvalue weighted by Crippen LogP contribution is -2.47. The molecule has 60 heavy (non-hydrogen) atoms. The number of aldehydes is 1. The fraction of sp³-hybridized carbons (Fsp3) is 0.689. The number of rotatable bonds is 17. The Morgan fingerprint density at radius 3 is 2.28 bits per heavy atom. The molecule has 4 heterocycles. The summed E-state index contributed by atoms with van der Waals surface area (Å²) in [6.07, 6.45) is 15.3. The van der Waals surface area contributed by atoms with Gasteiger partial charge in [-0.05, 0) is 125 Å². The molecule has 2 saturated carbocycles. The first-order chi connectivity index (χ1) is 29.0. The minimum atomic E-state index is -1.16. The predicted octanol–water partition coefficient (Wildman–Crippen LogP) is 4.97. The van der Waals surface area contributed by atoms with E-state index in [0.717, 1.165) is 151 Å². The number of benzene rings is 1. The van der Waals surface area contributed by atoms with Crippen LogP contribution in [-0.4, -0.2) is 128 Å². The quantitative estimate of drug-likeness (QED) is 0.176. The zero-order valence-electron chi connectivity index (χ0n) is 36.3. The third-order valence-electron chi connectivity index (χ3n) is 14.5. The Labute approximate surface area is 358 Å². The summed E-state index contributed by atoms with van der Waals surface area (Å²) in [5, 5.41) is 2.59. The largest absolute Gasteiger partial charge is 0.359 e. The van der Waals surface area contributed by atoms with E-state index in [-0.39, 0.29) is 41.9 Å². The molecule has 2 aromatic rings. The topological polar surface area (TPSA) is 145 Å². The fourth-order valence-electron chi connectivity index (χ4n) is 10.4. The smallest absolute Gasteiger partial charge is 0.329 e. The number of nitrogens with one attached hydrogen (secondary N) is 1. The van der Waals surface area contributed by atoms with E-state index in [0.29, 0.717) is 23.6 Å². The molecule has 0 bridgehead atoms. The van der Waals surface area contributed by atoms with Crippen molar-refractivity contribution in [1.82, 2.24) is 32.9 Å². The third-order valence-corrected chi connectivity index (χ3v) is 16.2. The van der Waals surface area contributed by atoms with Crippen LogP contribution in [0, 0.1) is 17.3 Å². The molecule has 2 aliphatic carbocycles. The number of allylic oxidation sites excluding steroid dienone is 1. The molecule has 0 spiro atoms. The number of hydrogen-bond acceptors (Lipinski definition) is 8. The van der Waals surface area contributed by atoms with Crippen LogP contribution in [0.2, 0.25) is 0 Å².